The first kappa shape index (κ1) is 33.9. The molecule has 0 fully saturated rings. The molecule has 0 saturated carbocycles. The minimum atomic E-state index is -1.08. The standard InChI is InChI=1S/C37H47BN3O2/c1-9-13-15-20-27(12-4)29-21-16-23-31(25-29)33-39-34(41-35(40-33)38-43-37(7,8)36(5,6)42)32-24-17-22-30(26-32)28(18-11-3)19-14-10-2/h12,14-26,42H,9-11,13H2,1-8H3/b19-14-,20-15-,27-12+,28-18+. The number of aromatic nitrogens is 3. The van der Waals surface area contributed by atoms with Crippen LogP contribution >= 0.6 is 0 Å². The summed E-state index contributed by atoms with van der Waals surface area (Å²) in [4.78, 5) is 14.6. The Hall–Kier alpha value is -3.61. The summed E-state index contributed by atoms with van der Waals surface area (Å²) in [5.41, 5.74) is 4.74. The van der Waals surface area contributed by atoms with Gasteiger partial charge < -0.3 is 9.76 Å². The fourth-order valence-electron chi connectivity index (χ4n) is 4.21. The zero-order valence-corrected chi connectivity index (χ0v) is 27.2. The van der Waals surface area contributed by atoms with Crippen LogP contribution < -0.4 is 5.72 Å². The fraction of sp³-hybridized carbons (Fsp3) is 0.378. The summed E-state index contributed by atoms with van der Waals surface area (Å²) < 4.78 is 6.07. The zero-order chi connectivity index (χ0) is 31.5. The third-order valence-electron chi connectivity index (χ3n) is 7.51. The smallest absolute Gasteiger partial charge is 0.379 e. The maximum atomic E-state index is 10.6. The van der Waals surface area contributed by atoms with Crippen LogP contribution in [-0.4, -0.2) is 38.7 Å². The van der Waals surface area contributed by atoms with Crippen molar-refractivity contribution >= 4 is 24.4 Å². The summed E-state index contributed by atoms with van der Waals surface area (Å²) in [6, 6.07) is 16.6. The van der Waals surface area contributed by atoms with Crippen LogP contribution in [0.3, 0.4) is 0 Å². The Balaban J connectivity index is 2.13. The average Bonchev–Trinajstić information content (AvgIpc) is 3.00. The Morgan fingerprint density at radius 2 is 1.40 bits per heavy atom. The maximum absolute atomic E-state index is 10.6. The predicted molar refractivity (Wildman–Crippen MR) is 183 cm³/mol. The van der Waals surface area contributed by atoms with Crippen LogP contribution in [0, 0.1) is 0 Å². The molecule has 6 heteroatoms. The number of nitrogens with zero attached hydrogens (tertiary/aromatic N) is 3. The van der Waals surface area contributed by atoms with E-state index in [1.54, 1.807) is 13.8 Å². The summed E-state index contributed by atoms with van der Waals surface area (Å²) in [6.45, 7) is 15.7. The van der Waals surface area contributed by atoms with Gasteiger partial charge in [0.1, 0.15) is 5.72 Å². The average molecular weight is 577 g/mol. The van der Waals surface area contributed by atoms with Gasteiger partial charge in [-0.1, -0.05) is 100 Å². The predicted octanol–water partition coefficient (Wildman–Crippen LogP) is 8.54. The Kier molecular flexibility index (Phi) is 12.4. The van der Waals surface area contributed by atoms with E-state index in [1.807, 2.05) is 38.1 Å². The summed E-state index contributed by atoms with van der Waals surface area (Å²) in [6.07, 6.45) is 17.1. The number of rotatable bonds is 14. The molecule has 0 aliphatic heterocycles. The molecule has 0 bridgehead atoms. The van der Waals surface area contributed by atoms with Crippen LogP contribution in [0.15, 0.2) is 85.0 Å². The summed E-state index contributed by atoms with van der Waals surface area (Å²) >= 11 is 0. The third-order valence-corrected chi connectivity index (χ3v) is 7.51. The highest BCUT2D eigenvalue weighted by Crippen LogP contribution is 2.27. The molecule has 5 nitrogen and oxygen atoms in total. The largest absolute Gasteiger partial charge is 0.424 e. The molecular weight excluding hydrogens is 529 g/mol. The summed E-state index contributed by atoms with van der Waals surface area (Å²) in [5.74, 6) is 1.11. The van der Waals surface area contributed by atoms with Crippen molar-refractivity contribution in [1.29, 1.82) is 0 Å². The van der Waals surface area contributed by atoms with Crippen LogP contribution in [0.5, 0.6) is 0 Å². The third kappa shape index (κ3) is 9.44. The molecule has 0 saturated heterocycles. The number of unbranched alkanes of at least 4 members (excludes halogenated alkanes) is 1. The molecule has 1 radical (unpaired) electrons. The van der Waals surface area contributed by atoms with Crippen LogP contribution in [0.1, 0.15) is 92.2 Å². The Labute approximate surface area is 259 Å². The lowest BCUT2D eigenvalue weighted by Crippen LogP contribution is -2.49. The van der Waals surface area contributed by atoms with Crippen molar-refractivity contribution in [3.05, 3.63) is 96.1 Å². The molecular formula is C37H47BN3O2. The van der Waals surface area contributed by atoms with Gasteiger partial charge in [-0.25, -0.2) is 15.0 Å². The highest BCUT2D eigenvalue weighted by molar-refractivity contribution is 6.44. The number of allylic oxidation sites excluding steroid dienone is 8. The molecule has 3 rings (SSSR count). The highest BCUT2D eigenvalue weighted by Gasteiger charge is 2.36. The van der Waals surface area contributed by atoms with Crippen molar-refractivity contribution in [2.45, 2.75) is 92.3 Å². The first-order valence-corrected chi connectivity index (χ1v) is 15.4. The van der Waals surface area contributed by atoms with E-state index in [1.165, 1.54) is 13.1 Å². The van der Waals surface area contributed by atoms with Gasteiger partial charge in [0.25, 0.3) is 0 Å². The Morgan fingerprint density at radius 1 is 0.814 bits per heavy atom. The molecule has 43 heavy (non-hydrogen) atoms. The molecule has 1 aromatic heterocycles. The van der Waals surface area contributed by atoms with E-state index in [-0.39, 0.29) is 0 Å². The number of benzene rings is 2. The lowest BCUT2D eigenvalue weighted by atomic mass is 9.86. The second-order valence-corrected chi connectivity index (χ2v) is 11.6. The first-order valence-electron chi connectivity index (χ1n) is 15.4. The van der Waals surface area contributed by atoms with Gasteiger partial charge in [-0.2, -0.15) is 0 Å². The number of aliphatic hydroxyl groups is 1. The molecule has 3 aromatic rings. The normalized spacial score (nSPS) is 13.3. The van der Waals surface area contributed by atoms with Crippen molar-refractivity contribution in [2.75, 3.05) is 0 Å². The second-order valence-electron chi connectivity index (χ2n) is 11.6. The van der Waals surface area contributed by atoms with Crippen LogP contribution in [-0.2, 0) is 4.65 Å². The molecule has 0 spiro atoms. The molecule has 2 aromatic carbocycles. The van der Waals surface area contributed by atoms with Gasteiger partial charge in [0.15, 0.2) is 11.6 Å². The van der Waals surface area contributed by atoms with Gasteiger partial charge in [0, 0.05) is 11.1 Å². The van der Waals surface area contributed by atoms with Crippen molar-refractivity contribution in [2.24, 2.45) is 0 Å². The van der Waals surface area contributed by atoms with E-state index in [9.17, 15) is 5.11 Å². The Morgan fingerprint density at radius 3 is 1.91 bits per heavy atom. The number of hydrogen-bond acceptors (Lipinski definition) is 5. The van der Waals surface area contributed by atoms with Crippen LogP contribution in [0.2, 0.25) is 0 Å². The van der Waals surface area contributed by atoms with E-state index in [4.69, 9.17) is 19.6 Å². The quantitative estimate of drug-likeness (QED) is 0.154. The van der Waals surface area contributed by atoms with Crippen molar-refractivity contribution in [3.8, 4) is 22.8 Å². The minimum Gasteiger partial charge on any atom is -0.424 e. The van der Waals surface area contributed by atoms with Gasteiger partial charge in [0.05, 0.1) is 11.2 Å². The summed E-state index contributed by atoms with van der Waals surface area (Å²) in [5, 5.41) is 10.6. The monoisotopic (exact) mass is 576 g/mol. The molecule has 0 atom stereocenters. The van der Waals surface area contributed by atoms with E-state index in [0.29, 0.717) is 17.4 Å². The topological polar surface area (TPSA) is 68.1 Å². The lowest BCUT2D eigenvalue weighted by molar-refractivity contribution is -0.0894. The van der Waals surface area contributed by atoms with Gasteiger partial charge in [-0.3, -0.25) is 0 Å². The lowest BCUT2D eigenvalue weighted by Gasteiger charge is -2.37. The van der Waals surface area contributed by atoms with Gasteiger partial charge >= 0.3 is 7.48 Å². The van der Waals surface area contributed by atoms with E-state index >= 15 is 0 Å². The van der Waals surface area contributed by atoms with Crippen LogP contribution in [0.25, 0.3) is 33.9 Å². The van der Waals surface area contributed by atoms with Crippen molar-refractivity contribution < 1.29 is 9.76 Å². The molecule has 0 unspecified atom stereocenters. The van der Waals surface area contributed by atoms with Gasteiger partial charge in [-0.15, -0.1) is 0 Å². The fourth-order valence-corrected chi connectivity index (χ4v) is 4.21. The van der Waals surface area contributed by atoms with Crippen molar-refractivity contribution in [3.63, 3.8) is 0 Å². The molecule has 0 amide bonds. The van der Waals surface area contributed by atoms with Crippen LogP contribution in [0.4, 0.5) is 0 Å². The van der Waals surface area contributed by atoms with Gasteiger partial charge in [-0.05, 0) is 88.3 Å². The Bertz CT molecular complexity index is 1480. The van der Waals surface area contributed by atoms with Gasteiger partial charge in [0.2, 0.25) is 0 Å². The highest BCUT2D eigenvalue weighted by atomic mass is 16.5. The maximum Gasteiger partial charge on any atom is 0.379 e. The second kappa shape index (κ2) is 15.7. The van der Waals surface area contributed by atoms with Crippen molar-refractivity contribution in [1.82, 2.24) is 15.0 Å². The molecule has 0 aliphatic carbocycles. The molecule has 1 N–H and O–H groups in total. The van der Waals surface area contributed by atoms with E-state index in [0.717, 1.165) is 53.5 Å². The number of hydrogen-bond donors (Lipinski definition) is 1. The minimum absolute atomic E-state index is 0.387. The van der Waals surface area contributed by atoms with E-state index < -0.39 is 11.2 Å². The zero-order valence-electron chi connectivity index (χ0n) is 27.2. The molecule has 1 heterocycles. The first-order chi connectivity index (χ1) is 20.5. The SMILES string of the molecule is C/C=C(\C=C/CCC)c1cccc(-c2nc([B]OC(C)(C)C(C)(C)O)nc(-c3cccc(C(/C=C\CC)=C/CC)c3)n2)c1. The summed E-state index contributed by atoms with van der Waals surface area (Å²) in [7, 11) is 1.53. The molecule has 225 valence electrons. The van der Waals surface area contributed by atoms with E-state index in [2.05, 4.69) is 88.4 Å². The molecule has 0 aliphatic rings.